The first-order chi connectivity index (χ1) is 8.15. The van der Waals surface area contributed by atoms with Crippen molar-refractivity contribution >= 4 is 11.9 Å². The zero-order valence-electron chi connectivity index (χ0n) is 11.2. The van der Waals surface area contributed by atoms with E-state index in [0.717, 1.165) is 19.3 Å². The van der Waals surface area contributed by atoms with Crippen LogP contribution in [-0.2, 0) is 4.74 Å². The SMILES string of the molecule is CCCCCOC(=O)c1ccc(C(=O)O)cc1.N.N. The highest BCUT2D eigenvalue weighted by atomic mass is 16.5. The summed E-state index contributed by atoms with van der Waals surface area (Å²) in [5.41, 5.74) is 0.541. The third-order valence-electron chi connectivity index (χ3n) is 2.35. The second kappa shape index (κ2) is 10.0. The smallest absolute Gasteiger partial charge is 0.338 e. The lowest BCUT2D eigenvalue weighted by Crippen LogP contribution is -2.07. The average molecular weight is 270 g/mol. The number of hydrogen-bond acceptors (Lipinski definition) is 5. The molecule has 1 aromatic carbocycles. The van der Waals surface area contributed by atoms with Crippen LogP contribution in [-0.4, -0.2) is 23.7 Å². The van der Waals surface area contributed by atoms with Crippen molar-refractivity contribution in [3.63, 3.8) is 0 Å². The van der Waals surface area contributed by atoms with Gasteiger partial charge in [-0.3, -0.25) is 0 Å². The van der Waals surface area contributed by atoms with Crippen LogP contribution in [0.3, 0.4) is 0 Å². The van der Waals surface area contributed by atoms with Crippen LogP contribution >= 0.6 is 0 Å². The van der Waals surface area contributed by atoms with Crippen molar-refractivity contribution in [1.29, 1.82) is 0 Å². The van der Waals surface area contributed by atoms with Gasteiger partial charge in [-0.05, 0) is 30.7 Å². The molecule has 1 aromatic rings. The molecule has 0 fully saturated rings. The lowest BCUT2D eigenvalue weighted by molar-refractivity contribution is 0.0497. The predicted octanol–water partition coefficient (Wildman–Crippen LogP) is 3.06. The van der Waals surface area contributed by atoms with Crippen molar-refractivity contribution in [2.24, 2.45) is 0 Å². The van der Waals surface area contributed by atoms with Crippen LogP contribution in [0.5, 0.6) is 0 Å². The molecule has 0 amide bonds. The maximum Gasteiger partial charge on any atom is 0.338 e. The number of carbonyl (C=O) groups excluding carboxylic acids is 1. The average Bonchev–Trinajstić information content (AvgIpc) is 2.34. The van der Waals surface area contributed by atoms with Crippen molar-refractivity contribution in [3.8, 4) is 0 Å². The van der Waals surface area contributed by atoms with Crippen LogP contribution in [0.2, 0.25) is 0 Å². The molecule has 0 aliphatic heterocycles. The van der Waals surface area contributed by atoms with E-state index >= 15 is 0 Å². The Morgan fingerprint density at radius 3 is 2.05 bits per heavy atom. The minimum Gasteiger partial charge on any atom is -0.478 e. The van der Waals surface area contributed by atoms with Crippen molar-refractivity contribution < 1.29 is 19.4 Å². The van der Waals surface area contributed by atoms with Gasteiger partial charge in [-0.2, -0.15) is 0 Å². The third kappa shape index (κ3) is 6.54. The first kappa shape index (κ1) is 19.4. The molecule has 7 N–H and O–H groups in total. The topological polar surface area (TPSA) is 134 Å². The lowest BCUT2D eigenvalue weighted by Gasteiger charge is -2.04. The molecule has 108 valence electrons. The highest BCUT2D eigenvalue weighted by Gasteiger charge is 2.08. The third-order valence-corrected chi connectivity index (χ3v) is 2.35. The highest BCUT2D eigenvalue weighted by molar-refractivity contribution is 5.92. The van der Waals surface area contributed by atoms with E-state index in [1.165, 1.54) is 24.3 Å². The van der Waals surface area contributed by atoms with Crippen molar-refractivity contribution in [2.75, 3.05) is 6.61 Å². The molecule has 0 saturated heterocycles. The molecule has 0 heterocycles. The Bertz CT molecular complexity index is 390. The Labute approximate surface area is 112 Å². The summed E-state index contributed by atoms with van der Waals surface area (Å²) in [6, 6.07) is 5.72. The van der Waals surface area contributed by atoms with Gasteiger partial charge >= 0.3 is 11.9 Å². The Morgan fingerprint density at radius 1 is 1.05 bits per heavy atom. The summed E-state index contributed by atoms with van der Waals surface area (Å²) in [5, 5.41) is 8.70. The molecule has 1 rings (SSSR count). The number of ether oxygens (including phenoxy) is 1. The zero-order chi connectivity index (χ0) is 12.7. The van der Waals surface area contributed by atoms with Gasteiger partial charge < -0.3 is 22.1 Å². The summed E-state index contributed by atoms with van der Waals surface area (Å²) in [4.78, 5) is 22.1. The molecule has 0 aliphatic rings. The van der Waals surface area contributed by atoms with Gasteiger partial charge in [0, 0.05) is 0 Å². The van der Waals surface area contributed by atoms with Gasteiger partial charge in [0.1, 0.15) is 0 Å². The molecule has 0 spiro atoms. The Kier molecular flexibility index (Phi) is 10.3. The second-order valence-corrected chi connectivity index (χ2v) is 3.73. The van der Waals surface area contributed by atoms with Gasteiger partial charge in [-0.1, -0.05) is 19.8 Å². The number of carboxylic acids is 1. The number of aromatic carboxylic acids is 1. The largest absolute Gasteiger partial charge is 0.478 e. The molecule has 0 radical (unpaired) electrons. The molecule has 6 nitrogen and oxygen atoms in total. The van der Waals surface area contributed by atoms with Crippen molar-refractivity contribution in [3.05, 3.63) is 35.4 Å². The maximum absolute atomic E-state index is 11.5. The van der Waals surface area contributed by atoms with Gasteiger partial charge in [0.15, 0.2) is 0 Å². The summed E-state index contributed by atoms with van der Waals surface area (Å²) in [7, 11) is 0. The number of rotatable bonds is 6. The van der Waals surface area contributed by atoms with Gasteiger partial charge in [-0.15, -0.1) is 0 Å². The lowest BCUT2D eigenvalue weighted by atomic mass is 10.1. The van der Waals surface area contributed by atoms with E-state index in [4.69, 9.17) is 9.84 Å². The maximum atomic E-state index is 11.5. The van der Waals surface area contributed by atoms with E-state index in [1.807, 2.05) is 0 Å². The molecule has 0 atom stereocenters. The van der Waals surface area contributed by atoms with Crippen molar-refractivity contribution in [2.45, 2.75) is 26.2 Å². The van der Waals surface area contributed by atoms with E-state index in [9.17, 15) is 9.59 Å². The summed E-state index contributed by atoms with van der Waals surface area (Å²) in [5.74, 6) is -1.41. The van der Waals surface area contributed by atoms with Crippen LogP contribution in [0.1, 0.15) is 46.9 Å². The van der Waals surface area contributed by atoms with E-state index < -0.39 is 11.9 Å². The first-order valence-corrected chi connectivity index (χ1v) is 5.65. The molecular formula is C13H22N2O4. The van der Waals surface area contributed by atoms with Gasteiger partial charge in [0.2, 0.25) is 0 Å². The van der Waals surface area contributed by atoms with Crippen LogP contribution in [0, 0.1) is 0 Å². The van der Waals surface area contributed by atoms with Crippen LogP contribution in [0.25, 0.3) is 0 Å². The van der Waals surface area contributed by atoms with Crippen LogP contribution < -0.4 is 12.3 Å². The van der Waals surface area contributed by atoms with Gasteiger partial charge in [-0.25, -0.2) is 9.59 Å². The Morgan fingerprint density at radius 2 is 1.58 bits per heavy atom. The molecule has 19 heavy (non-hydrogen) atoms. The molecule has 6 heteroatoms. The Balaban J connectivity index is 0. The predicted molar refractivity (Wildman–Crippen MR) is 73.3 cm³/mol. The molecule has 0 aromatic heterocycles. The minimum atomic E-state index is -1.01. The molecule has 0 unspecified atom stereocenters. The Hall–Kier alpha value is -1.92. The second-order valence-electron chi connectivity index (χ2n) is 3.73. The number of carboxylic acid groups (broad SMARTS) is 1. The molecule has 0 bridgehead atoms. The fourth-order valence-corrected chi connectivity index (χ4v) is 1.35. The van der Waals surface area contributed by atoms with E-state index in [0.29, 0.717) is 12.2 Å². The fraction of sp³-hybridized carbons (Fsp3) is 0.385. The van der Waals surface area contributed by atoms with Crippen LogP contribution in [0.4, 0.5) is 0 Å². The summed E-state index contributed by atoms with van der Waals surface area (Å²) in [6.45, 7) is 2.49. The van der Waals surface area contributed by atoms with Crippen LogP contribution in [0.15, 0.2) is 24.3 Å². The van der Waals surface area contributed by atoms with Crippen molar-refractivity contribution in [1.82, 2.24) is 12.3 Å². The number of benzene rings is 1. The summed E-state index contributed by atoms with van der Waals surface area (Å²) >= 11 is 0. The monoisotopic (exact) mass is 270 g/mol. The quantitative estimate of drug-likeness (QED) is 0.537. The van der Waals surface area contributed by atoms with Gasteiger partial charge in [0.25, 0.3) is 0 Å². The number of unbranched alkanes of at least 4 members (excludes halogenated alkanes) is 2. The normalized spacial score (nSPS) is 8.89. The summed E-state index contributed by atoms with van der Waals surface area (Å²) < 4.78 is 5.04. The highest BCUT2D eigenvalue weighted by Crippen LogP contribution is 2.06. The van der Waals surface area contributed by atoms with E-state index in [1.54, 1.807) is 0 Å². The standard InChI is InChI=1S/C13H16O4.2H3N/c1-2-3-4-9-17-13(16)11-7-5-10(6-8-11)12(14)15;;/h5-8H,2-4,9H2,1H3,(H,14,15);2*1H3. The number of carbonyl (C=O) groups is 2. The molecule has 0 aliphatic carbocycles. The number of esters is 1. The van der Waals surface area contributed by atoms with E-state index in [-0.39, 0.29) is 17.9 Å². The molecule has 0 saturated carbocycles. The summed E-state index contributed by atoms with van der Waals surface area (Å²) in [6.07, 6.45) is 2.96. The zero-order valence-corrected chi connectivity index (χ0v) is 11.2. The number of hydrogen-bond donors (Lipinski definition) is 3. The minimum absolute atomic E-state index is 0. The molecular weight excluding hydrogens is 248 g/mol. The van der Waals surface area contributed by atoms with E-state index in [2.05, 4.69) is 6.92 Å². The first-order valence-electron chi connectivity index (χ1n) is 5.65. The fourth-order valence-electron chi connectivity index (χ4n) is 1.35. The van der Waals surface area contributed by atoms with Gasteiger partial charge in [0.05, 0.1) is 17.7 Å².